The summed E-state index contributed by atoms with van der Waals surface area (Å²) >= 11 is 0. The van der Waals surface area contributed by atoms with Crippen molar-refractivity contribution in [3.8, 4) is 0 Å². The molecule has 1 heterocycles. The second kappa shape index (κ2) is 8.44. The predicted molar refractivity (Wildman–Crippen MR) is 97.9 cm³/mol. The Morgan fingerprint density at radius 2 is 1.88 bits per heavy atom. The first-order valence-electron chi connectivity index (χ1n) is 8.58. The van der Waals surface area contributed by atoms with Crippen LogP contribution in [0.4, 0.5) is 16.2 Å². The molecule has 2 aromatic rings. The molecule has 0 aromatic heterocycles. The van der Waals surface area contributed by atoms with Crippen molar-refractivity contribution in [1.29, 1.82) is 0 Å². The molecule has 1 aliphatic rings. The number of nitro groups is 1. The third kappa shape index (κ3) is 4.80. The van der Waals surface area contributed by atoms with E-state index < -0.39 is 4.92 Å². The highest BCUT2D eigenvalue weighted by molar-refractivity contribution is 5.89. The minimum atomic E-state index is -0.481. The van der Waals surface area contributed by atoms with Crippen LogP contribution in [0.1, 0.15) is 18.4 Å². The number of nitrogens with zero attached hydrogens (tertiary/aromatic N) is 2. The first kappa shape index (κ1) is 17.9. The maximum atomic E-state index is 12.3. The number of ether oxygens (including phenoxy) is 1. The van der Waals surface area contributed by atoms with E-state index in [1.807, 2.05) is 30.3 Å². The number of benzene rings is 2. The summed E-state index contributed by atoms with van der Waals surface area (Å²) in [6, 6.07) is 15.7. The number of hydrogen-bond donors (Lipinski definition) is 1. The molecule has 1 fully saturated rings. The highest BCUT2D eigenvalue weighted by atomic mass is 16.6. The van der Waals surface area contributed by atoms with E-state index in [0.29, 0.717) is 25.4 Å². The van der Waals surface area contributed by atoms with Crippen LogP contribution in [-0.4, -0.2) is 35.0 Å². The zero-order valence-electron chi connectivity index (χ0n) is 14.3. The lowest BCUT2D eigenvalue weighted by Crippen LogP contribution is -2.43. The Bertz CT molecular complexity index is 758. The molecule has 0 radical (unpaired) electrons. The van der Waals surface area contributed by atoms with Crippen LogP contribution in [0, 0.1) is 10.1 Å². The third-order valence-electron chi connectivity index (χ3n) is 4.37. The maximum absolute atomic E-state index is 12.3. The van der Waals surface area contributed by atoms with Crippen LogP contribution in [0.5, 0.6) is 0 Å². The number of nitro benzene ring substituents is 1. The van der Waals surface area contributed by atoms with Crippen molar-refractivity contribution in [2.75, 3.05) is 18.4 Å². The van der Waals surface area contributed by atoms with Gasteiger partial charge >= 0.3 is 6.03 Å². The molecule has 0 spiro atoms. The number of hydrogen-bond acceptors (Lipinski definition) is 4. The standard InChI is InChI=1S/C19H21N3O4/c23-19(20-16-7-4-8-17(13-16)22(24)25)21-11-9-18(10-12-21)26-14-15-5-2-1-3-6-15/h1-8,13,18H,9-12,14H2,(H,20,23). The SMILES string of the molecule is O=C(Nc1cccc([N+](=O)[O-])c1)N1CCC(OCc2ccccc2)CC1. The second-order valence-electron chi connectivity index (χ2n) is 6.22. The van der Waals surface area contributed by atoms with Crippen molar-refractivity contribution >= 4 is 17.4 Å². The molecule has 7 heteroatoms. The first-order valence-corrected chi connectivity index (χ1v) is 8.58. The topological polar surface area (TPSA) is 84.7 Å². The lowest BCUT2D eigenvalue weighted by Gasteiger charge is -2.32. The molecule has 26 heavy (non-hydrogen) atoms. The average molecular weight is 355 g/mol. The zero-order chi connectivity index (χ0) is 18.4. The van der Waals surface area contributed by atoms with Crippen LogP contribution in [0.3, 0.4) is 0 Å². The highest BCUT2D eigenvalue weighted by Crippen LogP contribution is 2.19. The lowest BCUT2D eigenvalue weighted by atomic mass is 10.1. The quantitative estimate of drug-likeness (QED) is 0.653. The van der Waals surface area contributed by atoms with Gasteiger partial charge in [-0.3, -0.25) is 10.1 Å². The molecule has 1 saturated heterocycles. The van der Waals surface area contributed by atoms with Gasteiger partial charge in [0.2, 0.25) is 0 Å². The smallest absolute Gasteiger partial charge is 0.321 e. The Morgan fingerprint density at radius 1 is 1.15 bits per heavy atom. The zero-order valence-corrected chi connectivity index (χ0v) is 14.3. The number of non-ortho nitro benzene ring substituents is 1. The summed E-state index contributed by atoms with van der Waals surface area (Å²) in [6.45, 7) is 1.77. The third-order valence-corrected chi connectivity index (χ3v) is 4.37. The van der Waals surface area contributed by atoms with Crippen LogP contribution in [-0.2, 0) is 11.3 Å². The number of nitrogens with one attached hydrogen (secondary N) is 1. The van der Waals surface area contributed by atoms with Crippen molar-refractivity contribution in [3.05, 3.63) is 70.3 Å². The van der Waals surface area contributed by atoms with Gasteiger partial charge in [-0.2, -0.15) is 0 Å². The van der Waals surface area contributed by atoms with Crippen LogP contribution >= 0.6 is 0 Å². The Labute approximate surface area is 151 Å². The van der Waals surface area contributed by atoms with Crippen LogP contribution < -0.4 is 5.32 Å². The lowest BCUT2D eigenvalue weighted by molar-refractivity contribution is -0.384. The summed E-state index contributed by atoms with van der Waals surface area (Å²) in [7, 11) is 0. The van der Waals surface area contributed by atoms with Gasteiger partial charge in [-0.05, 0) is 24.5 Å². The van der Waals surface area contributed by atoms with Crippen LogP contribution in [0.15, 0.2) is 54.6 Å². The number of carbonyl (C=O) groups excluding carboxylic acids is 1. The van der Waals surface area contributed by atoms with E-state index in [0.717, 1.165) is 18.4 Å². The molecule has 7 nitrogen and oxygen atoms in total. The maximum Gasteiger partial charge on any atom is 0.321 e. The van der Waals surface area contributed by atoms with Crippen molar-refractivity contribution in [2.24, 2.45) is 0 Å². The molecule has 0 bridgehead atoms. The molecule has 0 unspecified atom stereocenters. The number of urea groups is 1. The van der Waals surface area contributed by atoms with Gasteiger partial charge in [0.1, 0.15) is 0 Å². The summed E-state index contributed by atoms with van der Waals surface area (Å²) in [5.74, 6) is 0. The summed E-state index contributed by atoms with van der Waals surface area (Å²) in [6.07, 6.45) is 1.68. The Balaban J connectivity index is 1.46. The molecule has 3 rings (SSSR count). The summed E-state index contributed by atoms with van der Waals surface area (Å²) in [5, 5.41) is 13.5. The molecular formula is C19H21N3O4. The minimum absolute atomic E-state index is 0.0455. The number of rotatable bonds is 5. The molecule has 1 N–H and O–H groups in total. The van der Waals surface area contributed by atoms with Gasteiger partial charge in [0, 0.05) is 30.9 Å². The van der Waals surface area contributed by atoms with Gasteiger partial charge in [-0.25, -0.2) is 4.79 Å². The van der Waals surface area contributed by atoms with Gasteiger partial charge in [-0.15, -0.1) is 0 Å². The number of piperidine rings is 1. The van der Waals surface area contributed by atoms with Crippen LogP contribution in [0.25, 0.3) is 0 Å². The molecule has 0 atom stereocenters. The molecule has 0 aliphatic carbocycles. The summed E-state index contributed by atoms with van der Waals surface area (Å²) < 4.78 is 5.92. The number of carbonyl (C=O) groups is 1. The van der Waals surface area contributed by atoms with Crippen molar-refractivity contribution in [1.82, 2.24) is 4.90 Å². The van der Waals surface area contributed by atoms with E-state index >= 15 is 0 Å². The Kier molecular flexibility index (Phi) is 5.80. The molecule has 2 aromatic carbocycles. The number of anilines is 1. The van der Waals surface area contributed by atoms with E-state index in [4.69, 9.17) is 4.74 Å². The van der Waals surface area contributed by atoms with Crippen molar-refractivity contribution in [2.45, 2.75) is 25.6 Å². The molecule has 2 amide bonds. The molecule has 136 valence electrons. The Hall–Kier alpha value is -2.93. The van der Waals surface area contributed by atoms with Crippen molar-refractivity contribution < 1.29 is 14.5 Å². The monoisotopic (exact) mass is 355 g/mol. The molecule has 0 saturated carbocycles. The fourth-order valence-corrected chi connectivity index (χ4v) is 2.91. The fraction of sp³-hybridized carbons (Fsp3) is 0.316. The van der Waals surface area contributed by atoms with Crippen LogP contribution in [0.2, 0.25) is 0 Å². The van der Waals surface area contributed by atoms with Gasteiger partial charge < -0.3 is 15.0 Å². The van der Waals surface area contributed by atoms with Gasteiger partial charge in [0.05, 0.1) is 17.6 Å². The van der Waals surface area contributed by atoms with Gasteiger partial charge in [0.15, 0.2) is 0 Å². The highest BCUT2D eigenvalue weighted by Gasteiger charge is 2.23. The van der Waals surface area contributed by atoms with E-state index in [1.165, 1.54) is 12.1 Å². The van der Waals surface area contributed by atoms with E-state index in [1.54, 1.807) is 17.0 Å². The second-order valence-corrected chi connectivity index (χ2v) is 6.22. The van der Waals surface area contributed by atoms with E-state index in [9.17, 15) is 14.9 Å². The number of likely N-dealkylation sites (tertiary alicyclic amines) is 1. The first-order chi connectivity index (χ1) is 12.6. The largest absolute Gasteiger partial charge is 0.373 e. The van der Waals surface area contributed by atoms with Gasteiger partial charge in [0.25, 0.3) is 5.69 Å². The summed E-state index contributed by atoms with van der Waals surface area (Å²) in [5.41, 5.74) is 1.51. The fourth-order valence-electron chi connectivity index (χ4n) is 2.91. The summed E-state index contributed by atoms with van der Waals surface area (Å²) in [4.78, 5) is 24.4. The minimum Gasteiger partial charge on any atom is -0.373 e. The van der Waals surface area contributed by atoms with E-state index in [-0.39, 0.29) is 17.8 Å². The molecule has 1 aliphatic heterocycles. The average Bonchev–Trinajstić information content (AvgIpc) is 2.68. The normalized spacial score (nSPS) is 14.8. The van der Waals surface area contributed by atoms with Gasteiger partial charge in [-0.1, -0.05) is 36.4 Å². The number of amides is 2. The molecular weight excluding hydrogens is 334 g/mol. The predicted octanol–water partition coefficient (Wildman–Crippen LogP) is 3.81. The Morgan fingerprint density at radius 3 is 2.58 bits per heavy atom. The van der Waals surface area contributed by atoms with E-state index in [2.05, 4.69) is 5.32 Å². The van der Waals surface area contributed by atoms with Crippen molar-refractivity contribution in [3.63, 3.8) is 0 Å².